The molecule has 0 aromatic heterocycles. The number of aliphatic hydroxyl groups is 1. The van der Waals surface area contributed by atoms with E-state index in [0.29, 0.717) is 12.0 Å². The molecule has 1 aromatic rings. The number of Topliss-reactive ketones (excluding diaryl/α,β-unsaturated/α-hetero) is 1. The topological polar surface area (TPSA) is 37.3 Å². The molecule has 0 amide bonds. The molecule has 16 heavy (non-hydrogen) atoms. The van der Waals surface area contributed by atoms with Gasteiger partial charge in [0.1, 0.15) is 0 Å². The molecule has 0 unspecified atom stereocenters. The van der Waals surface area contributed by atoms with Crippen LogP contribution in [0.3, 0.4) is 0 Å². The molecule has 0 spiro atoms. The first-order valence-corrected chi connectivity index (χ1v) is 5.82. The molecule has 0 aliphatic carbocycles. The van der Waals surface area contributed by atoms with Crippen molar-refractivity contribution in [2.45, 2.75) is 45.6 Å². The van der Waals surface area contributed by atoms with Crippen molar-refractivity contribution in [2.24, 2.45) is 0 Å². The highest BCUT2D eigenvalue weighted by Crippen LogP contribution is 2.24. The minimum absolute atomic E-state index is 0.125. The van der Waals surface area contributed by atoms with E-state index in [2.05, 4.69) is 6.92 Å². The van der Waals surface area contributed by atoms with Gasteiger partial charge in [-0.05, 0) is 25.8 Å². The Morgan fingerprint density at radius 1 is 1.31 bits per heavy atom. The highest BCUT2D eigenvalue weighted by molar-refractivity contribution is 5.97. The molecule has 88 valence electrons. The summed E-state index contributed by atoms with van der Waals surface area (Å²) in [5.41, 5.74) is 0.415. The number of rotatable bonds is 5. The van der Waals surface area contributed by atoms with Gasteiger partial charge < -0.3 is 5.11 Å². The zero-order chi connectivity index (χ0) is 12.2. The third kappa shape index (κ3) is 3.17. The van der Waals surface area contributed by atoms with Crippen LogP contribution in [0.15, 0.2) is 24.3 Å². The van der Waals surface area contributed by atoms with Gasteiger partial charge in [-0.3, -0.25) is 4.79 Å². The summed E-state index contributed by atoms with van der Waals surface area (Å²) in [6.45, 7) is 5.48. The molecule has 0 saturated heterocycles. The number of unbranched alkanes of at least 4 members (excludes halogenated alkanes) is 1. The first-order chi connectivity index (χ1) is 7.46. The highest BCUT2D eigenvalue weighted by atomic mass is 16.3. The van der Waals surface area contributed by atoms with Crippen molar-refractivity contribution in [1.82, 2.24) is 0 Å². The highest BCUT2D eigenvalue weighted by Gasteiger charge is 2.22. The second kappa shape index (κ2) is 5.26. The first-order valence-electron chi connectivity index (χ1n) is 5.82. The molecule has 2 heteroatoms. The van der Waals surface area contributed by atoms with E-state index in [1.807, 2.05) is 18.2 Å². The third-order valence-electron chi connectivity index (χ3n) is 2.64. The van der Waals surface area contributed by atoms with Gasteiger partial charge in [0.25, 0.3) is 0 Å². The summed E-state index contributed by atoms with van der Waals surface area (Å²) in [5, 5.41) is 9.99. The Labute approximate surface area is 97.3 Å². The molecule has 0 radical (unpaired) electrons. The average Bonchev–Trinajstić information content (AvgIpc) is 2.24. The smallest absolute Gasteiger partial charge is 0.163 e. The molecular weight excluding hydrogens is 200 g/mol. The SMILES string of the molecule is CCCCC(=O)c1ccccc1C(C)(C)O. The van der Waals surface area contributed by atoms with Gasteiger partial charge in [0, 0.05) is 12.0 Å². The van der Waals surface area contributed by atoms with E-state index in [1.54, 1.807) is 19.9 Å². The maximum atomic E-state index is 12.0. The fourth-order valence-corrected chi connectivity index (χ4v) is 1.73. The number of benzene rings is 1. The van der Waals surface area contributed by atoms with Crippen LogP contribution in [0.5, 0.6) is 0 Å². The summed E-state index contributed by atoms with van der Waals surface area (Å²) < 4.78 is 0. The molecule has 0 bridgehead atoms. The number of carbonyl (C=O) groups is 1. The van der Waals surface area contributed by atoms with Crippen LogP contribution in [-0.2, 0) is 5.60 Å². The quantitative estimate of drug-likeness (QED) is 0.773. The van der Waals surface area contributed by atoms with Gasteiger partial charge in [-0.15, -0.1) is 0 Å². The second-order valence-corrected chi connectivity index (χ2v) is 4.63. The van der Waals surface area contributed by atoms with E-state index in [0.717, 1.165) is 18.4 Å². The van der Waals surface area contributed by atoms with Crippen LogP contribution in [0.2, 0.25) is 0 Å². The van der Waals surface area contributed by atoms with Crippen molar-refractivity contribution >= 4 is 5.78 Å². The number of hydrogen-bond acceptors (Lipinski definition) is 2. The zero-order valence-electron chi connectivity index (χ0n) is 10.3. The Balaban J connectivity index is 3.00. The van der Waals surface area contributed by atoms with Crippen LogP contribution < -0.4 is 0 Å². The zero-order valence-corrected chi connectivity index (χ0v) is 10.3. The van der Waals surface area contributed by atoms with Crippen molar-refractivity contribution in [2.75, 3.05) is 0 Å². The Morgan fingerprint density at radius 3 is 2.50 bits per heavy atom. The molecule has 0 saturated carbocycles. The van der Waals surface area contributed by atoms with Crippen LogP contribution in [0, 0.1) is 0 Å². The van der Waals surface area contributed by atoms with E-state index in [-0.39, 0.29) is 5.78 Å². The van der Waals surface area contributed by atoms with Crippen molar-refractivity contribution in [1.29, 1.82) is 0 Å². The summed E-state index contributed by atoms with van der Waals surface area (Å²) in [6.07, 6.45) is 2.47. The number of hydrogen-bond donors (Lipinski definition) is 1. The molecule has 1 rings (SSSR count). The van der Waals surface area contributed by atoms with E-state index in [9.17, 15) is 9.90 Å². The van der Waals surface area contributed by atoms with E-state index < -0.39 is 5.60 Å². The van der Waals surface area contributed by atoms with Gasteiger partial charge in [0.2, 0.25) is 0 Å². The summed E-state index contributed by atoms with van der Waals surface area (Å²) in [5.74, 6) is 0.125. The van der Waals surface area contributed by atoms with Gasteiger partial charge in [-0.2, -0.15) is 0 Å². The molecule has 0 heterocycles. The monoisotopic (exact) mass is 220 g/mol. The van der Waals surface area contributed by atoms with Crippen molar-refractivity contribution < 1.29 is 9.90 Å². The predicted molar refractivity (Wildman–Crippen MR) is 65.5 cm³/mol. The Bertz CT molecular complexity index is 361. The van der Waals surface area contributed by atoms with Crippen LogP contribution >= 0.6 is 0 Å². The maximum absolute atomic E-state index is 12.0. The Hall–Kier alpha value is -1.15. The van der Waals surface area contributed by atoms with Crippen molar-refractivity contribution in [3.63, 3.8) is 0 Å². The van der Waals surface area contributed by atoms with Crippen molar-refractivity contribution in [3.05, 3.63) is 35.4 Å². The fourth-order valence-electron chi connectivity index (χ4n) is 1.73. The Morgan fingerprint density at radius 2 is 1.94 bits per heavy atom. The molecule has 0 fully saturated rings. The summed E-state index contributed by atoms with van der Waals surface area (Å²) >= 11 is 0. The van der Waals surface area contributed by atoms with Crippen LogP contribution in [0.4, 0.5) is 0 Å². The standard InChI is InChI=1S/C14H20O2/c1-4-5-10-13(15)11-8-6-7-9-12(11)14(2,3)16/h6-9,16H,4-5,10H2,1-3H3. The number of ketones is 1. The van der Waals surface area contributed by atoms with Gasteiger partial charge in [-0.25, -0.2) is 0 Å². The summed E-state index contributed by atoms with van der Waals surface area (Å²) in [6, 6.07) is 7.31. The van der Waals surface area contributed by atoms with Crippen LogP contribution in [0.25, 0.3) is 0 Å². The molecule has 2 nitrogen and oxygen atoms in total. The first kappa shape index (κ1) is 12.9. The molecule has 1 aromatic carbocycles. The van der Waals surface area contributed by atoms with Crippen LogP contribution in [0.1, 0.15) is 56.0 Å². The average molecular weight is 220 g/mol. The van der Waals surface area contributed by atoms with Gasteiger partial charge in [0.05, 0.1) is 5.60 Å². The van der Waals surface area contributed by atoms with E-state index in [1.165, 1.54) is 0 Å². The van der Waals surface area contributed by atoms with Gasteiger partial charge in [0.15, 0.2) is 5.78 Å². The fraction of sp³-hybridized carbons (Fsp3) is 0.500. The largest absolute Gasteiger partial charge is 0.386 e. The lowest BCUT2D eigenvalue weighted by Gasteiger charge is -2.20. The second-order valence-electron chi connectivity index (χ2n) is 4.63. The van der Waals surface area contributed by atoms with Gasteiger partial charge in [-0.1, -0.05) is 37.6 Å². The minimum atomic E-state index is -0.960. The predicted octanol–water partition coefficient (Wildman–Crippen LogP) is 3.29. The lowest BCUT2D eigenvalue weighted by molar-refractivity contribution is 0.0752. The van der Waals surface area contributed by atoms with E-state index >= 15 is 0 Å². The molecule has 0 atom stereocenters. The molecular formula is C14H20O2. The van der Waals surface area contributed by atoms with Crippen molar-refractivity contribution in [3.8, 4) is 0 Å². The lowest BCUT2D eigenvalue weighted by atomic mass is 9.90. The van der Waals surface area contributed by atoms with Crippen LogP contribution in [-0.4, -0.2) is 10.9 Å². The third-order valence-corrected chi connectivity index (χ3v) is 2.64. The lowest BCUT2D eigenvalue weighted by Crippen LogP contribution is -2.20. The minimum Gasteiger partial charge on any atom is -0.386 e. The number of carbonyl (C=O) groups excluding carboxylic acids is 1. The molecule has 0 aliphatic rings. The van der Waals surface area contributed by atoms with Gasteiger partial charge >= 0.3 is 0 Å². The molecule has 1 N–H and O–H groups in total. The normalized spacial score (nSPS) is 11.5. The summed E-state index contributed by atoms with van der Waals surface area (Å²) in [4.78, 5) is 12.0. The maximum Gasteiger partial charge on any atom is 0.163 e. The van der Waals surface area contributed by atoms with E-state index in [4.69, 9.17) is 0 Å². The summed E-state index contributed by atoms with van der Waals surface area (Å²) in [7, 11) is 0. The molecule has 0 aliphatic heterocycles. The Kier molecular flexibility index (Phi) is 4.25.